The molecule has 0 unspecified atom stereocenters. The Morgan fingerprint density at radius 2 is 1.83 bits per heavy atom. The summed E-state index contributed by atoms with van der Waals surface area (Å²) < 4.78 is 10.4. The Hall–Kier alpha value is -3.28. The Balaban J connectivity index is 1.86. The van der Waals surface area contributed by atoms with Gasteiger partial charge in [-0.15, -0.1) is 0 Å². The molecule has 1 aromatic heterocycles. The van der Waals surface area contributed by atoms with Crippen LogP contribution in [0.5, 0.6) is 11.5 Å². The van der Waals surface area contributed by atoms with Gasteiger partial charge in [-0.05, 0) is 30.3 Å². The minimum absolute atomic E-state index is 0.560. The predicted molar refractivity (Wildman–Crippen MR) is 94.7 cm³/mol. The summed E-state index contributed by atoms with van der Waals surface area (Å²) in [7, 11) is 3.23. The molecule has 0 amide bonds. The lowest BCUT2D eigenvalue weighted by Crippen LogP contribution is -1.98. The highest BCUT2D eigenvalue weighted by atomic mass is 16.5. The molecular weight excluding hydrogens is 304 g/mol. The smallest absolute Gasteiger partial charge is 0.141 e. The first-order valence-electron chi connectivity index (χ1n) is 7.36. The first kappa shape index (κ1) is 15.6. The molecule has 3 N–H and O–H groups in total. The average Bonchev–Trinajstić information content (AvgIpc) is 2.62. The Kier molecular flexibility index (Phi) is 4.47. The number of rotatable bonds is 5. The molecule has 24 heavy (non-hydrogen) atoms. The van der Waals surface area contributed by atoms with Gasteiger partial charge in [0.2, 0.25) is 0 Å². The third kappa shape index (κ3) is 3.38. The molecule has 0 saturated carbocycles. The third-order valence-electron chi connectivity index (χ3n) is 3.53. The van der Waals surface area contributed by atoms with Crippen molar-refractivity contribution in [1.82, 2.24) is 9.97 Å². The van der Waals surface area contributed by atoms with Crippen LogP contribution in [-0.2, 0) is 0 Å². The monoisotopic (exact) mass is 322 g/mol. The van der Waals surface area contributed by atoms with Crippen LogP contribution in [0.2, 0.25) is 0 Å². The maximum absolute atomic E-state index is 5.93. The van der Waals surface area contributed by atoms with Crippen molar-refractivity contribution in [3.05, 3.63) is 54.9 Å². The highest BCUT2D eigenvalue weighted by molar-refractivity contribution is 5.69. The normalized spacial score (nSPS) is 10.2. The Bertz CT molecular complexity index is 852. The summed E-state index contributed by atoms with van der Waals surface area (Å²) >= 11 is 0. The van der Waals surface area contributed by atoms with Crippen LogP contribution < -0.4 is 20.5 Å². The summed E-state index contributed by atoms with van der Waals surface area (Å²) in [5.74, 6) is 2.09. The zero-order valence-corrected chi connectivity index (χ0v) is 13.5. The molecule has 0 atom stereocenters. The number of methoxy groups -OCH3 is 2. The summed E-state index contributed by atoms with van der Waals surface area (Å²) in [5, 5.41) is 3.22. The van der Waals surface area contributed by atoms with E-state index in [2.05, 4.69) is 15.3 Å². The molecule has 0 aliphatic heterocycles. The van der Waals surface area contributed by atoms with Crippen LogP contribution in [-0.4, -0.2) is 24.2 Å². The van der Waals surface area contributed by atoms with Crippen molar-refractivity contribution in [2.75, 3.05) is 25.3 Å². The third-order valence-corrected chi connectivity index (χ3v) is 3.53. The van der Waals surface area contributed by atoms with Crippen molar-refractivity contribution in [1.29, 1.82) is 0 Å². The van der Waals surface area contributed by atoms with Gasteiger partial charge in [-0.2, -0.15) is 0 Å². The van der Waals surface area contributed by atoms with E-state index in [1.54, 1.807) is 20.3 Å². The van der Waals surface area contributed by atoms with Gasteiger partial charge in [0.1, 0.15) is 23.6 Å². The number of anilines is 3. The highest BCUT2D eigenvalue weighted by Crippen LogP contribution is 2.27. The Labute approximate surface area is 140 Å². The van der Waals surface area contributed by atoms with Gasteiger partial charge in [0.15, 0.2) is 0 Å². The van der Waals surface area contributed by atoms with E-state index in [1.165, 1.54) is 6.33 Å². The van der Waals surface area contributed by atoms with E-state index in [1.807, 2.05) is 42.5 Å². The summed E-state index contributed by atoms with van der Waals surface area (Å²) in [6.45, 7) is 0. The van der Waals surface area contributed by atoms with Crippen LogP contribution >= 0.6 is 0 Å². The van der Waals surface area contributed by atoms with E-state index < -0.39 is 0 Å². The Morgan fingerprint density at radius 1 is 0.958 bits per heavy atom. The van der Waals surface area contributed by atoms with Gasteiger partial charge in [-0.3, -0.25) is 0 Å². The molecule has 0 fully saturated rings. The van der Waals surface area contributed by atoms with Gasteiger partial charge < -0.3 is 20.5 Å². The van der Waals surface area contributed by atoms with Crippen LogP contribution in [0.1, 0.15) is 0 Å². The molecule has 0 bridgehead atoms. The second-order valence-electron chi connectivity index (χ2n) is 5.10. The topological polar surface area (TPSA) is 82.3 Å². The van der Waals surface area contributed by atoms with Crippen molar-refractivity contribution in [2.45, 2.75) is 0 Å². The van der Waals surface area contributed by atoms with Crippen molar-refractivity contribution in [2.24, 2.45) is 0 Å². The van der Waals surface area contributed by atoms with Crippen molar-refractivity contribution in [3.63, 3.8) is 0 Å². The van der Waals surface area contributed by atoms with Gasteiger partial charge in [0.25, 0.3) is 0 Å². The molecule has 0 spiro atoms. The van der Waals surface area contributed by atoms with Crippen LogP contribution in [0.25, 0.3) is 11.3 Å². The van der Waals surface area contributed by atoms with Crippen molar-refractivity contribution in [3.8, 4) is 22.8 Å². The fraction of sp³-hybridized carbons (Fsp3) is 0.111. The zero-order valence-electron chi connectivity index (χ0n) is 13.5. The van der Waals surface area contributed by atoms with Gasteiger partial charge in [0.05, 0.1) is 25.6 Å². The molecule has 122 valence electrons. The number of hydrogen-bond acceptors (Lipinski definition) is 6. The lowest BCUT2D eigenvalue weighted by atomic mass is 10.1. The first-order chi connectivity index (χ1) is 11.7. The van der Waals surface area contributed by atoms with E-state index in [-0.39, 0.29) is 0 Å². The Morgan fingerprint density at radius 3 is 2.58 bits per heavy atom. The number of nitrogens with one attached hydrogen (secondary N) is 1. The molecule has 6 nitrogen and oxygen atoms in total. The van der Waals surface area contributed by atoms with Gasteiger partial charge in [-0.1, -0.05) is 12.1 Å². The number of hydrogen-bond donors (Lipinski definition) is 2. The van der Waals surface area contributed by atoms with E-state index in [0.717, 1.165) is 22.7 Å². The van der Waals surface area contributed by atoms with Crippen LogP contribution in [0.4, 0.5) is 17.2 Å². The van der Waals surface area contributed by atoms with Crippen LogP contribution in [0.3, 0.4) is 0 Å². The van der Waals surface area contributed by atoms with Crippen molar-refractivity contribution >= 4 is 17.2 Å². The van der Waals surface area contributed by atoms with Crippen LogP contribution in [0.15, 0.2) is 54.9 Å². The lowest BCUT2D eigenvalue weighted by molar-refractivity contribution is 0.415. The summed E-state index contributed by atoms with van der Waals surface area (Å²) in [5.41, 5.74) is 9.06. The summed E-state index contributed by atoms with van der Waals surface area (Å²) in [6, 6.07) is 15.1. The van der Waals surface area contributed by atoms with Crippen molar-refractivity contribution < 1.29 is 9.47 Å². The highest BCUT2D eigenvalue weighted by Gasteiger charge is 2.05. The number of aromatic nitrogens is 2. The number of nitrogens with two attached hydrogens (primary N) is 1. The molecule has 0 aliphatic rings. The predicted octanol–water partition coefficient (Wildman–Crippen LogP) is 3.49. The second kappa shape index (κ2) is 6.87. The minimum atomic E-state index is 0.560. The maximum Gasteiger partial charge on any atom is 0.141 e. The van der Waals surface area contributed by atoms with E-state index >= 15 is 0 Å². The SMILES string of the molecule is COc1cccc(-c2cc(Nc3ccc(OC)c(N)c3)ncn2)c1. The fourth-order valence-electron chi connectivity index (χ4n) is 2.33. The molecule has 0 saturated heterocycles. The largest absolute Gasteiger partial charge is 0.497 e. The molecule has 3 rings (SSSR count). The van der Waals surface area contributed by atoms with E-state index in [0.29, 0.717) is 17.3 Å². The molecule has 1 heterocycles. The molecule has 0 aliphatic carbocycles. The van der Waals surface area contributed by atoms with E-state index in [9.17, 15) is 0 Å². The fourth-order valence-corrected chi connectivity index (χ4v) is 2.33. The molecule has 6 heteroatoms. The number of ether oxygens (including phenoxy) is 2. The number of nitrogens with zero attached hydrogens (tertiary/aromatic N) is 2. The van der Waals surface area contributed by atoms with Gasteiger partial charge in [0, 0.05) is 17.3 Å². The minimum Gasteiger partial charge on any atom is -0.497 e. The number of nitrogen functional groups attached to an aromatic ring is 1. The number of benzene rings is 2. The standard InChI is InChI=1S/C18H18N4O2/c1-23-14-5-3-4-12(8-14)16-10-18(21-11-20-16)22-13-6-7-17(24-2)15(19)9-13/h3-11H,19H2,1-2H3,(H,20,21,22). The summed E-state index contributed by atoms with van der Waals surface area (Å²) in [6.07, 6.45) is 1.52. The molecular formula is C18H18N4O2. The average molecular weight is 322 g/mol. The second-order valence-corrected chi connectivity index (χ2v) is 5.10. The molecule has 0 radical (unpaired) electrons. The zero-order chi connectivity index (χ0) is 16.9. The quantitative estimate of drug-likeness (QED) is 0.700. The molecule has 3 aromatic rings. The lowest BCUT2D eigenvalue weighted by Gasteiger charge is -2.10. The van der Waals surface area contributed by atoms with Crippen LogP contribution in [0, 0.1) is 0 Å². The maximum atomic E-state index is 5.93. The molecule has 2 aromatic carbocycles. The first-order valence-corrected chi connectivity index (χ1v) is 7.36. The van der Waals surface area contributed by atoms with Gasteiger partial charge >= 0.3 is 0 Å². The van der Waals surface area contributed by atoms with Gasteiger partial charge in [-0.25, -0.2) is 9.97 Å². The van der Waals surface area contributed by atoms with E-state index in [4.69, 9.17) is 15.2 Å². The summed E-state index contributed by atoms with van der Waals surface area (Å²) in [4.78, 5) is 8.57.